The third-order valence-electron chi connectivity index (χ3n) is 6.42. The van der Waals surface area contributed by atoms with E-state index in [9.17, 15) is 0 Å². The minimum absolute atomic E-state index is 0.412. The van der Waals surface area contributed by atoms with Crippen LogP contribution in [0.2, 0.25) is 0 Å². The Bertz CT molecular complexity index is 796. The van der Waals surface area contributed by atoms with Gasteiger partial charge in [-0.05, 0) is 45.9 Å². The highest BCUT2D eigenvalue weighted by Crippen LogP contribution is 2.47. The summed E-state index contributed by atoms with van der Waals surface area (Å²) >= 11 is 14.9. The van der Waals surface area contributed by atoms with Crippen LogP contribution in [-0.2, 0) is 0 Å². The molecule has 1 saturated heterocycles. The molecule has 2 aromatic rings. The number of benzene rings is 2. The summed E-state index contributed by atoms with van der Waals surface area (Å²) in [6, 6.07) is 13.3. The fourth-order valence-corrected chi connectivity index (χ4v) is 8.87. The summed E-state index contributed by atoms with van der Waals surface area (Å²) in [4.78, 5) is 0. The first-order chi connectivity index (χ1) is 14.5. The molecule has 2 nitrogen and oxygen atoms in total. The van der Waals surface area contributed by atoms with E-state index in [2.05, 4.69) is 101 Å². The third kappa shape index (κ3) is 4.51. The Morgan fingerprint density at radius 1 is 0.581 bits per heavy atom. The molecule has 0 saturated carbocycles. The number of anilines is 2. The van der Waals surface area contributed by atoms with Crippen molar-refractivity contribution in [3.63, 3.8) is 0 Å². The molecule has 0 aromatic heterocycles. The average Bonchev–Trinajstić information content (AvgIpc) is 3.00. The topological polar surface area (TPSA) is 6.48 Å². The van der Waals surface area contributed by atoms with Crippen LogP contribution in [0.1, 0.15) is 101 Å². The molecule has 0 radical (unpaired) electrons. The van der Waals surface area contributed by atoms with Crippen LogP contribution in [0.3, 0.4) is 0 Å². The maximum atomic E-state index is 7.43. The highest BCUT2D eigenvalue weighted by Gasteiger charge is 2.52. The predicted octanol–water partition coefficient (Wildman–Crippen LogP) is 8.42. The van der Waals surface area contributed by atoms with Gasteiger partial charge in [0.15, 0.2) is 0 Å². The lowest BCUT2D eigenvalue weighted by Crippen LogP contribution is -2.51. The molecule has 0 N–H and O–H groups in total. The Hall–Kier alpha value is -1.16. The maximum Gasteiger partial charge on any atom is 0.470 e. The van der Waals surface area contributed by atoms with Gasteiger partial charge in [0, 0.05) is 24.5 Å². The van der Waals surface area contributed by atoms with Gasteiger partial charge in [-0.3, -0.25) is 0 Å². The highest BCUT2D eigenvalue weighted by molar-refractivity contribution is 7.48. The zero-order valence-corrected chi connectivity index (χ0v) is 22.8. The Morgan fingerprint density at radius 2 is 0.839 bits per heavy atom. The second-order valence-corrected chi connectivity index (χ2v) is 15.8. The summed E-state index contributed by atoms with van der Waals surface area (Å²) in [5.41, 5.74) is 7.89. The predicted molar refractivity (Wildman–Crippen MR) is 141 cm³/mol. The van der Waals surface area contributed by atoms with Crippen LogP contribution in [-0.4, -0.2) is 20.1 Å². The Balaban J connectivity index is 2.19. The molecule has 0 unspecified atom stereocenters. The first-order valence-corrected chi connectivity index (χ1v) is 15.6. The number of halogens is 2. The van der Waals surface area contributed by atoms with Crippen LogP contribution < -0.4 is 9.13 Å². The molecule has 0 atom stereocenters. The van der Waals surface area contributed by atoms with Gasteiger partial charge in [-0.15, -0.1) is 0 Å². The van der Waals surface area contributed by atoms with Crippen LogP contribution in [0.4, 0.5) is 11.4 Å². The third-order valence-corrected chi connectivity index (χ3v) is 11.1. The lowest BCUT2D eigenvalue weighted by Gasteiger charge is -2.38. The molecular weight excluding hydrogens is 439 g/mol. The van der Waals surface area contributed by atoms with E-state index in [0.29, 0.717) is 23.7 Å². The summed E-state index contributed by atoms with van der Waals surface area (Å²) in [6.07, 6.45) is 0. The Morgan fingerprint density at radius 3 is 1.06 bits per heavy atom. The van der Waals surface area contributed by atoms with Crippen molar-refractivity contribution in [1.82, 2.24) is 0 Å². The molecule has 0 aliphatic carbocycles. The van der Waals surface area contributed by atoms with Gasteiger partial charge in [-0.1, -0.05) is 114 Å². The monoisotopic (exact) mass is 476 g/mol. The number of hydrogen-bond donors (Lipinski definition) is 0. The fourth-order valence-electron chi connectivity index (χ4n) is 4.75. The van der Waals surface area contributed by atoms with E-state index >= 15 is 0 Å². The summed E-state index contributed by atoms with van der Waals surface area (Å²) < 4.78 is 4.73. The van der Waals surface area contributed by atoms with Gasteiger partial charge in [0.05, 0.1) is 0 Å². The van der Waals surface area contributed by atoms with Crippen LogP contribution in [0, 0.1) is 0 Å². The minimum Gasteiger partial charge on any atom is -0.355 e. The van der Waals surface area contributed by atoms with Crippen molar-refractivity contribution in [2.45, 2.75) is 79.1 Å². The standard InChI is InChI=1S/C26H38Cl2N2Si/c1-17(2)21-11-9-12-22(18(3)4)25(21)29-15-16-30(31(29,27)28)26-23(19(5)6)13-10-14-24(26)20(7)8/h9-14,17-20H,15-16H2,1-8H3. The van der Waals surface area contributed by atoms with Crippen LogP contribution >= 0.6 is 22.2 Å². The van der Waals surface area contributed by atoms with Crippen molar-refractivity contribution in [3.05, 3.63) is 58.7 Å². The van der Waals surface area contributed by atoms with E-state index in [4.69, 9.17) is 22.2 Å². The van der Waals surface area contributed by atoms with E-state index in [0.717, 1.165) is 13.1 Å². The molecule has 1 aliphatic rings. The van der Waals surface area contributed by atoms with Crippen LogP contribution in [0.5, 0.6) is 0 Å². The molecule has 1 heterocycles. The van der Waals surface area contributed by atoms with Crippen molar-refractivity contribution in [2.75, 3.05) is 22.2 Å². The van der Waals surface area contributed by atoms with Crippen LogP contribution in [0.25, 0.3) is 0 Å². The SMILES string of the molecule is CC(C)c1cccc(C(C)C)c1N1CCN(c2c(C(C)C)cccc2C(C)C)[Si]1(Cl)Cl. The van der Waals surface area contributed by atoms with Crippen molar-refractivity contribution < 1.29 is 0 Å². The first-order valence-electron chi connectivity index (χ1n) is 11.7. The first kappa shape index (κ1) is 24.5. The second kappa shape index (κ2) is 9.37. The quantitative estimate of drug-likeness (QED) is 0.304. The molecule has 31 heavy (non-hydrogen) atoms. The Kier molecular flexibility index (Phi) is 7.40. The lowest BCUT2D eigenvalue weighted by atomic mass is 9.92. The number of rotatable bonds is 6. The molecule has 0 bridgehead atoms. The second-order valence-electron chi connectivity index (χ2n) is 10.0. The molecular formula is C26H38Cl2N2Si. The van der Waals surface area contributed by atoms with E-state index in [1.807, 2.05) is 0 Å². The zero-order valence-electron chi connectivity index (χ0n) is 20.3. The van der Waals surface area contributed by atoms with Gasteiger partial charge in [0.1, 0.15) is 0 Å². The van der Waals surface area contributed by atoms with Crippen molar-refractivity contribution >= 4 is 40.5 Å². The van der Waals surface area contributed by atoms with Gasteiger partial charge < -0.3 is 9.13 Å². The molecule has 170 valence electrons. The molecule has 3 rings (SSSR count). The smallest absolute Gasteiger partial charge is 0.355 e. The van der Waals surface area contributed by atoms with E-state index in [-0.39, 0.29) is 0 Å². The largest absolute Gasteiger partial charge is 0.470 e. The van der Waals surface area contributed by atoms with Crippen molar-refractivity contribution in [3.8, 4) is 0 Å². The fraction of sp³-hybridized carbons (Fsp3) is 0.538. The van der Waals surface area contributed by atoms with E-state index in [1.54, 1.807) is 0 Å². The van der Waals surface area contributed by atoms with Crippen molar-refractivity contribution in [1.29, 1.82) is 0 Å². The molecule has 0 spiro atoms. The average molecular weight is 478 g/mol. The zero-order chi connectivity index (χ0) is 23.1. The molecule has 2 aromatic carbocycles. The number of nitrogens with zero attached hydrogens (tertiary/aromatic N) is 2. The van der Waals surface area contributed by atoms with Crippen molar-refractivity contribution in [2.24, 2.45) is 0 Å². The minimum atomic E-state index is -2.98. The van der Waals surface area contributed by atoms with Gasteiger partial charge in [-0.2, -0.15) is 0 Å². The molecule has 5 heteroatoms. The van der Waals surface area contributed by atoms with Gasteiger partial charge in [-0.25, -0.2) is 0 Å². The van der Waals surface area contributed by atoms with Crippen LogP contribution in [0.15, 0.2) is 36.4 Å². The number of para-hydroxylation sites is 2. The molecule has 0 amide bonds. The lowest BCUT2D eigenvalue weighted by molar-refractivity contribution is 0.821. The Labute approximate surface area is 200 Å². The van der Waals surface area contributed by atoms with Gasteiger partial charge in [0.25, 0.3) is 0 Å². The summed E-state index contributed by atoms with van der Waals surface area (Å²) in [5.74, 6) is 1.65. The van der Waals surface area contributed by atoms with Gasteiger partial charge in [0.2, 0.25) is 0 Å². The molecule has 1 fully saturated rings. The van der Waals surface area contributed by atoms with E-state index < -0.39 is 7.02 Å². The molecule has 1 aliphatic heterocycles. The van der Waals surface area contributed by atoms with E-state index in [1.165, 1.54) is 33.6 Å². The maximum absolute atomic E-state index is 7.43. The normalized spacial score (nSPS) is 16.5. The summed E-state index contributed by atoms with van der Waals surface area (Å²) in [6.45, 7) is 19.8. The summed E-state index contributed by atoms with van der Waals surface area (Å²) in [5, 5.41) is 0. The summed E-state index contributed by atoms with van der Waals surface area (Å²) in [7, 11) is -2.98. The van der Waals surface area contributed by atoms with Gasteiger partial charge >= 0.3 is 7.02 Å². The number of hydrogen-bond acceptors (Lipinski definition) is 2. The highest BCUT2D eigenvalue weighted by atomic mass is 35.7.